The third kappa shape index (κ3) is 4.90. The lowest BCUT2D eigenvalue weighted by Gasteiger charge is -2.38. The van der Waals surface area contributed by atoms with Gasteiger partial charge in [-0.3, -0.25) is 9.69 Å². The fraction of sp³-hybridized carbons (Fsp3) is 0.348. The molecular weight excluding hydrogens is 440 g/mol. The van der Waals surface area contributed by atoms with Crippen LogP contribution in [0.25, 0.3) is 11.4 Å². The van der Waals surface area contributed by atoms with Gasteiger partial charge >= 0.3 is 6.18 Å². The van der Waals surface area contributed by atoms with E-state index in [1.807, 2.05) is 11.8 Å². The van der Waals surface area contributed by atoms with E-state index in [0.717, 1.165) is 12.1 Å². The highest BCUT2D eigenvalue weighted by molar-refractivity contribution is 5.94. The largest absolute Gasteiger partial charge is 0.416 e. The van der Waals surface area contributed by atoms with Crippen molar-refractivity contribution in [2.24, 2.45) is 0 Å². The molecule has 1 aliphatic rings. The SMILES string of the molecule is CC(=O)c1ccc(N2CCN(C(C)c3nc(-c4cccc(C(F)(F)F)c4)no3)CC2)c(F)c1. The van der Waals surface area contributed by atoms with Crippen LogP contribution in [0.3, 0.4) is 0 Å². The summed E-state index contributed by atoms with van der Waals surface area (Å²) in [5.74, 6) is -0.239. The number of hydrogen-bond donors (Lipinski definition) is 0. The number of hydrogen-bond acceptors (Lipinski definition) is 6. The Morgan fingerprint density at radius 1 is 1.09 bits per heavy atom. The molecule has 33 heavy (non-hydrogen) atoms. The molecule has 1 aromatic heterocycles. The molecule has 174 valence electrons. The van der Waals surface area contributed by atoms with E-state index in [0.29, 0.717) is 43.3 Å². The third-order valence-electron chi connectivity index (χ3n) is 5.80. The first-order valence-electron chi connectivity index (χ1n) is 10.4. The molecule has 4 rings (SSSR count). The Morgan fingerprint density at radius 3 is 2.45 bits per heavy atom. The van der Waals surface area contributed by atoms with Gasteiger partial charge in [0.05, 0.1) is 17.3 Å². The number of rotatable bonds is 5. The van der Waals surface area contributed by atoms with Crippen molar-refractivity contribution in [2.75, 3.05) is 31.1 Å². The van der Waals surface area contributed by atoms with Gasteiger partial charge in [0.1, 0.15) is 5.82 Å². The molecule has 1 fully saturated rings. The van der Waals surface area contributed by atoms with Gasteiger partial charge in [-0.15, -0.1) is 0 Å². The van der Waals surface area contributed by atoms with E-state index in [1.54, 1.807) is 12.1 Å². The van der Waals surface area contributed by atoms with Gasteiger partial charge in [0, 0.05) is 37.3 Å². The van der Waals surface area contributed by atoms with Crippen LogP contribution in [0.4, 0.5) is 23.2 Å². The van der Waals surface area contributed by atoms with E-state index in [2.05, 4.69) is 15.0 Å². The predicted octanol–water partition coefficient (Wildman–Crippen LogP) is 4.98. The van der Waals surface area contributed by atoms with Gasteiger partial charge in [-0.05, 0) is 44.2 Å². The highest BCUT2D eigenvalue weighted by Gasteiger charge is 2.31. The molecule has 6 nitrogen and oxygen atoms in total. The lowest BCUT2D eigenvalue weighted by atomic mass is 10.1. The molecule has 2 aromatic carbocycles. The van der Waals surface area contributed by atoms with Crippen molar-refractivity contribution in [3.05, 3.63) is 65.3 Å². The summed E-state index contributed by atoms with van der Waals surface area (Å²) in [6.45, 7) is 5.56. The van der Waals surface area contributed by atoms with Crippen LogP contribution < -0.4 is 4.90 Å². The summed E-state index contributed by atoms with van der Waals surface area (Å²) >= 11 is 0. The molecule has 2 heterocycles. The fourth-order valence-corrected chi connectivity index (χ4v) is 3.85. The average Bonchev–Trinajstić information content (AvgIpc) is 3.28. The van der Waals surface area contributed by atoms with Gasteiger partial charge in [-0.1, -0.05) is 17.3 Å². The normalized spacial score (nSPS) is 16.1. The first-order chi connectivity index (χ1) is 15.6. The molecule has 1 saturated heterocycles. The predicted molar refractivity (Wildman–Crippen MR) is 113 cm³/mol. The number of nitrogens with zero attached hydrogens (tertiary/aromatic N) is 4. The standard InChI is InChI=1S/C23H22F4N4O2/c1-14(22-28-21(29-33-22)17-4-3-5-18(12-17)23(25,26)27)30-8-10-31(11-9-30)20-7-6-16(15(2)32)13-19(20)24/h3-7,12-14H,8-11H2,1-2H3. The number of benzene rings is 2. The number of ketones is 1. The van der Waals surface area contributed by atoms with Gasteiger partial charge in [-0.2, -0.15) is 18.2 Å². The molecule has 0 saturated carbocycles. The van der Waals surface area contributed by atoms with Crippen LogP contribution in [0.1, 0.15) is 41.7 Å². The molecule has 0 N–H and O–H groups in total. The molecular formula is C23H22F4N4O2. The first kappa shape index (κ1) is 22.9. The van der Waals surface area contributed by atoms with Crippen LogP contribution in [0, 0.1) is 5.82 Å². The van der Waals surface area contributed by atoms with E-state index in [-0.39, 0.29) is 23.2 Å². The zero-order chi connectivity index (χ0) is 23.8. The summed E-state index contributed by atoms with van der Waals surface area (Å²) in [4.78, 5) is 19.7. The second-order valence-corrected chi connectivity index (χ2v) is 7.96. The minimum absolute atomic E-state index is 0.0919. The minimum Gasteiger partial charge on any atom is -0.367 e. The minimum atomic E-state index is -4.46. The molecule has 3 aromatic rings. The van der Waals surface area contributed by atoms with E-state index < -0.39 is 17.6 Å². The van der Waals surface area contributed by atoms with Crippen LogP contribution >= 0.6 is 0 Å². The van der Waals surface area contributed by atoms with Crippen molar-refractivity contribution in [2.45, 2.75) is 26.1 Å². The van der Waals surface area contributed by atoms with E-state index in [9.17, 15) is 22.4 Å². The van der Waals surface area contributed by atoms with Crippen LogP contribution in [0.15, 0.2) is 47.0 Å². The van der Waals surface area contributed by atoms with Crippen LogP contribution in [0.2, 0.25) is 0 Å². The van der Waals surface area contributed by atoms with Crippen molar-refractivity contribution in [1.29, 1.82) is 0 Å². The van der Waals surface area contributed by atoms with E-state index >= 15 is 0 Å². The quantitative estimate of drug-likeness (QED) is 0.394. The van der Waals surface area contributed by atoms with E-state index in [1.165, 1.54) is 25.1 Å². The molecule has 1 unspecified atom stereocenters. The number of piperazine rings is 1. The van der Waals surface area contributed by atoms with Crippen LogP contribution in [-0.2, 0) is 6.18 Å². The Labute approximate surface area is 187 Å². The second-order valence-electron chi connectivity index (χ2n) is 7.96. The number of alkyl halides is 3. The number of carbonyl (C=O) groups is 1. The Balaban J connectivity index is 1.42. The summed E-state index contributed by atoms with van der Waals surface area (Å²) in [5.41, 5.74) is 0.216. The molecule has 0 bridgehead atoms. The first-order valence-corrected chi connectivity index (χ1v) is 10.4. The Kier molecular flexibility index (Phi) is 6.20. The Bertz CT molecular complexity index is 1150. The zero-order valence-corrected chi connectivity index (χ0v) is 18.1. The lowest BCUT2D eigenvalue weighted by molar-refractivity contribution is -0.137. The lowest BCUT2D eigenvalue weighted by Crippen LogP contribution is -2.47. The van der Waals surface area contributed by atoms with Gasteiger partial charge in [0.15, 0.2) is 5.78 Å². The monoisotopic (exact) mass is 462 g/mol. The summed E-state index contributed by atoms with van der Waals surface area (Å²) in [5, 5.41) is 3.85. The zero-order valence-electron chi connectivity index (χ0n) is 18.1. The fourth-order valence-electron chi connectivity index (χ4n) is 3.85. The molecule has 1 aliphatic heterocycles. The van der Waals surface area contributed by atoms with Crippen molar-refractivity contribution in [1.82, 2.24) is 15.0 Å². The molecule has 0 radical (unpaired) electrons. The van der Waals surface area contributed by atoms with Crippen molar-refractivity contribution < 1.29 is 26.9 Å². The van der Waals surface area contributed by atoms with Gasteiger partial charge in [0.25, 0.3) is 0 Å². The Morgan fingerprint density at radius 2 is 1.82 bits per heavy atom. The Hall–Kier alpha value is -3.27. The number of aromatic nitrogens is 2. The molecule has 0 amide bonds. The molecule has 1 atom stereocenters. The average molecular weight is 462 g/mol. The maximum Gasteiger partial charge on any atom is 0.416 e. The highest BCUT2D eigenvalue weighted by Crippen LogP contribution is 2.32. The number of anilines is 1. The summed E-state index contributed by atoms with van der Waals surface area (Å²) in [6.07, 6.45) is -4.46. The van der Waals surface area contributed by atoms with Gasteiger partial charge in [-0.25, -0.2) is 4.39 Å². The summed E-state index contributed by atoms with van der Waals surface area (Å²) < 4.78 is 58.7. The van der Waals surface area contributed by atoms with Gasteiger partial charge < -0.3 is 9.42 Å². The highest BCUT2D eigenvalue weighted by atomic mass is 19.4. The number of halogens is 4. The van der Waals surface area contributed by atoms with Crippen LogP contribution in [-0.4, -0.2) is 47.0 Å². The topological polar surface area (TPSA) is 62.5 Å². The van der Waals surface area contributed by atoms with Gasteiger partial charge in [0.2, 0.25) is 11.7 Å². The second kappa shape index (κ2) is 8.93. The summed E-state index contributed by atoms with van der Waals surface area (Å²) in [6, 6.07) is 9.00. The third-order valence-corrected chi connectivity index (χ3v) is 5.80. The van der Waals surface area contributed by atoms with Crippen LogP contribution in [0.5, 0.6) is 0 Å². The smallest absolute Gasteiger partial charge is 0.367 e. The molecule has 0 spiro atoms. The van der Waals surface area contributed by atoms with Crippen molar-refractivity contribution in [3.63, 3.8) is 0 Å². The van der Waals surface area contributed by atoms with Crippen molar-refractivity contribution >= 4 is 11.5 Å². The number of carbonyl (C=O) groups excluding carboxylic acids is 1. The van der Waals surface area contributed by atoms with Crippen molar-refractivity contribution in [3.8, 4) is 11.4 Å². The molecule has 0 aliphatic carbocycles. The number of Topliss-reactive ketones (excluding diaryl/α,β-unsaturated/α-hetero) is 1. The maximum absolute atomic E-state index is 14.5. The summed E-state index contributed by atoms with van der Waals surface area (Å²) in [7, 11) is 0. The molecule has 10 heteroatoms. The maximum atomic E-state index is 14.5. The van der Waals surface area contributed by atoms with E-state index in [4.69, 9.17) is 4.52 Å².